The van der Waals surface area contributed by atoms with Crippen molar-refractivity contribution in [3.63, 3.8) is 0 Å². The number of hydrogen-bond donors (Lipinski definition) is 0. The Morgan fingerprint density at radius 2 is 2.00 bits per heavy atom. The summed E-state index contributed by atoms with van der Waals surface area (Å²) in [6, 6.07) is 0. The van der Waals surface area contributed by atoms with Gasteiger partial charge >= 0.3 is 0 Å². The molecule has 0 aromatic carbocycles. The molecular weight excluding hydrogens is 231 g/mol. The van der Waals surface area contributed by atoms with Crippen molar-refractivity contribution in [2.45, 2.75) is 27.2 Å². The van der Waals surface area contributed by atoms with Crippen molar-refractivity contribution in [3.05, 3.63) is 12.2 Å². The average molecular weight is 256 g/mol. The topological polar surface area (TPSA) is 23.6 Å². The van der Waals surface area contributed by atoms with E-state index in [9.17, 15) is 9.18 Å². The minimum absolute atomic E-state index is 0.0433. The van der Waals surface area contributed by atoms with Crippen molar-refractivity contribution in [1.29, 1.82) is 0 Å². The smallest absolute Gasteiger partial charge is 0.246 e. The minimum Gasteiger partial charge on any atom is -0.338 e. The van der Waals surface area contributed by atoms with Crippen LogP contribution in [0.5, 0.6) is 0 Å². The summed E-state index contributed by atoms with van der Waals surface area (Å²) in [6.07, 6.45) is 3.82. The Morgan fingerprint density at radius 1 is 1.33 bits per heavy atom. The van der Waals surface area contributed by atoms with Crippen molar-refractivity contribution in [2.24, 2.45) is 5.41 Å². The van der Waals surface area contributed by atoms with Crippen LogP contribution >= 0.6 is 0 Å². The fraction of sp³-hybridized carbons (Fsp3) is 0.786. The monoisotopic (exact) mass is 256 g/mol. The van der Waals surface area contributed by atoms with E-state index < -0.39 is 6.67 Å². The van der Waals surface area contributed by atoms with Gasteiger partial charge in [-0.2, -0.15) is 0 Å². The standard InChI is InChI=1S/C12H19FN2O.C2H6/c1-2-14-7-5-12(8-14)9-15(10-12)11(16)4-3-6-13;1-2/h3-4H,2,5-10H2,1H3;1-2H3/b4-3+;. The van der Waals surface area contributed by atoms with E-state index in [-0.39, 0.29) is 5.91 Å². The summed E-state index contributed by atoms with van der Waals surface area (Å²) in [5, 5.41) is 0. The van der Waals surface area contributed by atoms with Crippen molar-refractivity contribution < 1.29 is 9.18 Å². The fourth-order valence-electron chi connectivity index (χ4n) is 2.73. The molecule has 3 nitrogen and oxygen atoms in total. The maximum Gasteiger partial charge on any atom is 0.246 e. The van der Waals surface area contributed by atoms with Gasteiger partial charge in [-0.15, -0.1) is 0 Å². The van der Waals surface area contributed by atoms with Gasteiger partial charge in [0.05, 0.1) is 0 Å². The molecule has 0 atom stereocenters. The molecule has 0 bridgehead atoms. The predicted octanol–water partition coefficient (Wildman–Crippen LogP) is 2.09. The molecule has 0 N–H and O–H groups in total. The Bertz CT molecular complexity index is 298. The van der Waals surface area contributed by atoms with Gasteiger partial charge in [0, 0.05) is 31.1 Å². The summed E-state index contributed by atoms with van der Waals surface area (Å²) < 4.78 is 11.9. The van der Waals surface area contributed by atoms with Crippen LogP contribution < -0.4 is 0 Å². The van der Waals surface area contributed by atoms with Gasteiger partial charge in [0.1, 0.15) is 6.67 Å². The maximum absolute atomic E-state index is 11.9. The number of carbonyl (C=O) groups excluding carboxylic acids is 1. The number of rotatable bonds is 3. The molecule has 2 aliphatic heterocycles. The minimum atomic E-state index is -0.561. The first-order valence-electron chi connectivity index (χ1n) is 6.93. The third-order valence-electron chi connectivity index (χ3n) is 3.68. The Kier molecular flexibility index (Phi) is 5.79. The number of halogens is 1. The molecule has 2 saturated heterocycles. The molecule has 0 saturated carbocycles. The molecule has 0 aromatic rings. The van der Waals surface area contributed by atoms with E-state index in [0.717, 1.165) is 32.7 Å². The summed E-state index contributed by atoms with van der Waals surface area (Å²) in [4.78, 5) is 15.8. The van der Waals surface area contributed by atoms with E-state index in [2.05, 4.69) is 11.8 Å². The molecular formula is C14H25FN2O. The average Bonchev–Trinajstić information content (AvgIpc) is 2.81. The molecule has 0 aliphatic carbocycles. The second-order valence-corrected chi connectivity index (χ2v) is 4.87. The van der Waals surface area contributed by atoms with Gasteiger partial charge in [-0.1, -0.05) is 20.8 Å². The fourth-order valence-corrected chi connectivity index (χ4v) is 2.73. The normalized spacial score (nSPS) is 21.9. The van der Waals surface area contributed by atoms with Gasteiger partial charge in [0.15, 0.2) is 0 Å². The Hall–Kier alpha value is -0.900. The first-order chi connectivity index (χ1) is 8.69. The molecule has 2 fully saturated rings. The number of alkyl halides is 1. The summed E-state index contributed by atoms with van der Waals surface area (Å²) in [7, 11) is 0. The molecule has 104 valence electrons. The van der Waals surface area contributed by atoms with E-state index in [1.165, 1.54) is 18.6 Å². The van der Waals surface area contributed by atoms with Crippen LogP contribution in [0.4, 0.5) is 4.39 Å². The summed E-state index contributed by atoms with van der Waals surface area (Å²) >= 11 is 0. The summed E-state index contributed by atoms with van der Waals surface area (Å²) in [5.41, 5.74) is 0.342. The van der Waals surface area contributed by atoms with Crippen LogP contribution in [0.25, 0.3) is 0 Å². The summed E-state index contributed by atoms with van der Waals surface area (Å²) in [6.45, 7) is 10.7. The highest BCUT2D eigenvalue weighted by molar-refractivity contribution is 5.88. The van der Waals surface area contributed by atoms with Crippen LogP contribution in [0, 0.1) is 5.41 Å². The SMILES string of the molecule is CC.CCN1CCC2(C1)CN(C(=O)/C=C/CF)C2. The largest absolute Gasteiger partial charge is 0.338 e. The van der Waals surface area contributed by atoms with Crippen LogP contribution in [-0.4, -0.2) is 55.1 Å². The van der Waals surface area contributed by atoms with Crippen LogP contribution in [0.2, 0.25) is 0 Å². The highest BCUT2D eigenvalue weighted by Gasteiger charge is 2.48. The predicted molar refractivity (Wildman–Crippen MR) is 72.2 cm³/mol. The second kappa shape index (κ2) is 6.88. The Labute approximate surface area is 110 Å². The van der Waals surface area contributed by atoms with Gasteiger partial charge in [0.25, 0.3) is 0 Å². The molecule has 18 heavy (non-hydrogen) atoms. The molecule has 2 heterocycles. The van der Waals surface area contributed by atoms with E-state index in [0.29, 0.717) is 5.41 Å². The van der Waals surface area contributed by atoms with E-state index in [1.54, 1.807) is 0 Å². The van der Waals surface area contributed by atoms with Crippen molar-refractivity contribution >= 4 is 5.91 Å². The lowest BCUT2D eigenvalue weighted by molar-refractivity contribution is -0.137. The van der Waals surface area contributed by atoms with Crippen LogP contribution in [0.1, 0.15) is 27.2 Å². The lowest BCUT2D eigenvalue weighted by atomic mass is 9.79. The molecule has 2 rings (SSSR count). The van der Waals surface area contributed by atoms with Crippen LogP contribution in [0.15, 0.2) is 12.2 Å². The number of likely N-dealkylation sites (tertiary alicyclic amines) is 2. The van der Waals surface area contributed by atoms with Gasteiger partial charge in [-0.3, -0.25) is 4.79 Å². The molecule has 0 radical (unpaired) electrons. The lowest BCUT2D eigenvalue weighted by Gasteiger charge is -2.47. The number of carbonyl (C=O) groups is 1. The third kappa shape index (κ3) is 3.31. The van der Waals surface area contributed by atoms with Gasteiger partial charge < -0.3 is 9.80 Å². The lowest BCUT2D eigenvalue weighted by Crippen LogP contribution is -2.59. The van der Waals surface area contributed by atoms with Crippen LogP contribution in [0.3, 0.4) is 0 Å². The maximum atomic E-state index is 11.9. The zero-order valence-electron chi connectivity index (χ0n) is 11.8. The molecule has 4 heteroatoms. The molecule has 0 aromatic heterocycles. The first kappa shape index (κ1) is 15.2. The van der Waals surface area contributed by atoms with Gasteiger partial charge in [-0.25, -0.2) is 4.39 Å². The quantitative estimate of drug-likeness (QED) is 0.722. The highest BCUT2D eigenvalue weighted by Crippen LogP contribution is 2.39. The first-order valence-corrected chi connectivity index (χ1v) is 6.93. The number of hydrogen-bond acceptors (Lipinski definition) is 2. The van der Waals surface area contributed by atoms with E-state index in [1.807, 2.05) is 18.7 Å². The summed E-state index contributed by atoms with van der Waals surface area (Å²) in [5.74, 6) is -0.0433. The zero-order valence-corrected chi connectivity index (χ0v) is 11.8. The number of nitrogens with zero attached hydrogens (tertiary/aromatic N) is 2. The van der Waals surface area contributed by atoms with Crippen molar-refractivity contribution in [1.82, 2.24) is 9.80 Å². The van der Waals surface area contributed by atoms with E-state index >= 15 is 0 Å². The van der Waals surface area contributed by atoms with Gasteiger partial charge in [0.2, 0.25) is 5.91 Å². The van der Waals surface area contributed by atoms with Crippen molar-refractivity contribution in [2.75, 3.05) is 39.4 Å². The zero-order chi connectivity index (χ0) is 13.6. The van der Waals surface area contributed by atoms with E-state index in [4.69, 9.17) is 0 Å². The van der Waals surface area contributed by atoms with Crippen LogP contribution in [-0.2, 0) is 4.79 Å². The number of allylic oxidation sites excluding steroid dienone is 1. The van der Waals surface area contributed by atoms with Gasteiger partial charge in [-0.05, 0) is 25.6 Å². The number of amides is 1. The molecule has 0 unspecified atom stereocenters. The molecule has 1 spiro atoms. The third-order valence-corrected chi connectivity index (χ3v) is 3.68. The highest BCUT2D eigenvalue weighted by atomic mass is 19.1. The Morgan fingerprint density at radius 3 is 2.50 bits per heavy atom. The molecule has 2 aliphatic rings. The Balaban J connectivity index is 0.000000771. The van der Waals surface area contributed by atoms with Crippen molar-refractivity contribution in [3.8, 4) is 0 Å². The molecule has 1 amide bonds. The second-order valence-electron chi connectivity index (χ2n) is 4.87.